The van der Waals surface area contributed by atoms with Crippen LogP contribution in [0.25, 0.3) is 11.0 Å². The maximum atomic E-state index is 5.46. The molecule has 2 rings (SSSR count). The second-order valence-electron chi connectivity index (χ2n) is 3.47. The summed E-state index contributed by atoms with van der Waals surface area (Å²) in [6.07, 6.45) is 1.85. The zero-order chi connectivity index (χ0) is 9.97. The van der Waals surface area contributed by atoms with Crippen molar-refractivity contribution in [3.8, 4) is 0 Å². The van der Waals surface area contributed by atoms with E-state index in [1.54, 1.807) is 0 Å². The van der Waals surface area contributed by atoms with Gasteiger partial charge in [0, 0.05) is 5.39 Å². The molecule has 0 saturated carbocycles. The first-order chi connectivity index (χ1) is 6.83. The first kappa shape index (κ1) is 9.21. The molecule has 1 aromatic carbocycles. The van der Waals surface area contributed by atoms with E-state index < -0.39 is 0 Å². The molecule has 0 fully saturated rings. The number of benzene rings is 1. The number of para-hydroxylation sites is 1. The van der Waals surface area contributed by atoms with Crippen LogP contribution in [0.3, 0.4) is 0 Å². The third-order valence-electron chi connectivity index (χ3n) is 2.39. The van der Waals surface area contributed by atoms with E-state index in [2.05, 4.69) is 5.16 Å². The van der Waals surface area contributed by atoms with Crippen molar-refractivity contribution in [2.75, 3.05) is 6.54 Å². The maximum absolute atomic E-state index is 5.46. The molecule has 0 radical (unpaired) electrons. The van der Waals surface area contributed by atoms with Crippen LogP contribution >= 0.6 is 0 Å². The second kappa shape index (κ2) is 3.80. The molecule has 1 aromatic heterocycles. The molecule has 0 bridgehead atoms. The average molecular weight is 190 g/mol. The van der Waals surface area contributed by atoms with Gasteiger partial charge in [-0.2, -0.15) is 0 Å². The summed E-state index contributed by atoms with van der Waals surface area (Å²) in [5.41, 5.74) is 8.52. The van der Waals surface area contributed by atoms with Crippen molar-refractivity contribution < 1.29 is 4.52 Å². The number of nitrogens with two attached hydrogens (primary N) is 1. The van der Waals surface area contributed by atoms with Crippen LogP contribution in [0.2, 0.25) is 0 Å². The van der Waals surface area contributed by atoms with Gasteiger partial charge in [-0.3, -0.25) is 0 Å². The van der Waals surface area contributed by atoms with Crippen LogP contribution in [0.5, 0.6) is 0 Å². The number of rotatable bonds is 3. The number of nitrogens with zero attached hydrogens (tertiary/aromatic N) is 1. The zero-order valence-corrected chi connectivity index (χ0v) is 8.29. The summed E-state index contributed by atoms with van der Waals surface area (Å²) >= 11 is 0. The molecule has 3 heteroatoms. The maximum Gasteiger partial charge on any atom is 0.170 e. The largest absolute Gasteiger partial charge is 0.356 e. The van der Waals surface area contributed by atoms with Crippen LogP contribution in [-0.4, -0.2) is 11.7 Å². The van der Waals surface area contributed by atoms with Crippen LogP contribution in [-0.2, 0) is 6.42 Å². The Hall–Kier alpha value is -1.35. The van der Waals surface area contributed by atoms with Gasteiger partial charge in [-0.25, -0.2) is 0 Å². The van der Waals surface area contributed by atoms with E-state index >= 15 is 0 Å². The Morgan fingerprint density at radius 3 is 3.07 bits per heavy atom. The Morgan fingerprint density at radius 1 is 1.43 bits per heavy atom. The minimum Gasteiger partial charge on any atom is -0.356 e. The highest BCUT2D eigenvalue weighted by atomic mass is 16.5. The second-order valence-corrected chi connectivity index (χ2v) is 3.47. The number of hydrogen-bond acceptors (Lipinski definition) is 3. The normalized spacial score (nSPS) is 11.0. The van der Waals surface area contributed by atoms with E-state index in [1.165, 1.54) is 0 Å². The Kier molecular flexibility index (Phi) is 2.50. The molecule has 2 N–H and O–H groups in total. The lowest BCUT2D eigenvalue weighted by atomic mass is 10.1. The van der Waals surface area contributed by atoms with Gasteiger partial charge < -0.3 is 10.3 Å². The topological polar surface area (TPSA) is 52.0 Å². The van der Waals surface area contributed by atoms with Gasteiger partial charge in [0.2, 0.25) is 0 Å². The molecule has 0 saturated heterocycles. The molecule has 0 aliphatic carbocycles. The van der Waals surface area contributed by atoms with Crippen molar-refractivity contribution in [3.05, 3.63) is 29.5 Å². The fourth-order valence-corrected chi connectivity index (χ4v) is 1.60. The van der Waals surface area contributed by atoms with Gasteiger partial charge >= 0.3 is 0 Å². The van der Waals surface area contributed by atoms with Crippen molar-refractivity contribution in [1.29, 1.82) is 0 Å². The molecule has 0 amide bonds. The molecule has 0 aliphatic rings. The first-order valence-corrected chi connectivity index (χ1v) is 4.87. The van der Waals surface area contributed by atoms with Crippen LogP contribution in [0.1, 0.15) is 17.7 Å². The number of aryl methyl sites for hydroxylation is 2. The first-order valence-electron chi connectivity index (χ1n) is 4.87. The molecule has 0 spiro atoms. The lowest BCUT2D eigenvalue weighted by molar-refractivity contribution is 0.443. The van der Waals surface area contributed by atoms with Crippen molar-refractivity contribution in [2.24, 2.45) is 5.73 Å². The molecule has 0 aliphatic heterocycles. The minimum atomic E-state index is 0.695. The van der Waals surface area contributed by atoms with Crippen LogP contribution in [0, 0.1) is 6.92 Å². The summed E-state index contributed by atoms with van der Waals surface area (Å²) < 4.78 is 5.29. The Balaban J connectivity index is 2.42. The predicted octanol–water partition coefficient (Wildman–Crippen LogP) is 2.03. The van der Waals surface area contributed by atoms with E-state index in [1.807, 2.05) is 25.1 Å². The third-order valence-corrected chi connectivity index (χ3v) is 2.39. The molecular formula is C11H14N2O. The van der Waals surface area contributed by atoms with Gasteiger partial charge in [0.05, 0.1) is 5.69 Å². The Labute approximate surface area is 82.9 Å². The molecule has 3 nitrogen and oxygen atoms in total. The molecule has 2 aromatic rings. The summed E-state index contributed by atoms with van der Waals surface area (Å²) in [6.45, 7) is 2.72. The van der Waals surface area contributed by atoms with Gasteiger partial charge in [-0.1, -0.05) is 17.3 Å². The summed E-state index contributed by atoms with van der Waals surface area (Å²) in [5.74, 6) is 0. The van der Waals surface area contributed by atoms with Crippen LogP contribution in [0.15, 0.2) is 22.7 Å². The number of hydrogen-bond donors (Lipinski definition) is 1. The van der Waals surface area contributed by atoms with Gasteiger partial charge in [0.15, 0.2) is 5.58 Å². The molecule has 1 heterocycles. The lowest BCUT2D eigenvalue weighted by Gasteiger charge is -1.94. The highest BCUT2D eigenvalue weighted by Gasteiger charge is 2.08. The summed E-state index contributed by atoms with van der Waals surface area (Å²) in [5, 5.41) is 5.19. The predicted molar refractivity (Wildman–Crippen MR) is 56.1 cm³/mol. The average Bonchev–Trinajstić information content (AvgIpc) is 2.60. The SMILES string of the molecule is Cc1cccc2c(CCCN)noc12. The van der Waals surface area contributed by atoms with Crippen LogP contribution < -0.4 is 5.73 Å². The van der Waals surface area contributed by atoms with Crippen molar-refractivity contribution >= 4 is 11.0 Å². The van der Waals surface area contributed by atoms with E-state index in [4.69, 9.17) is 10.3 Å². The Morgan fingerprint density at radius 2 is 2.29 bits per heavy atom. The highest BCUT2D eigenvalue weighted by molar-refractivity contribution is 5.82. The zero-order valence-electron chi connectivity index (χ0n) is 8.29. The lowest BCUT2D eigenvalue weighted by Crippen LogP contribution is -2.00. The quantitative estimate of drug-likeness (QED) is 0.805. The summed E-state index contributed by atoms with van der Waals surface area (Å²) in [4.78, 5) is 0. The van der Waals surface area contributed by atoms with Gasteiger partial charge in [-0.15, -0.1) is 0 Å². The summed E-state index contributed by atoms with van der Waals surface area (Å²) in [6, 6.07) is 6.10. The molecule has 14 heavy (non-hydrogen) atoms. The summed E-state index contributed by atoms with van der Waals surface area (Å²) in [7, 11) is 0. The smallest absolute Gasteiger partial charge is 0.170 e. The number of aromatic nitrogens is 1. The van der Waals surface area contributed by atoms with E-state index in [0.717, 1.165) is 35.1 Å². The van der Waals surface area contributed by atoms with Gasteiger partial charge in [0.1, 0.15) is 0 Å². The van der Waals surface area contributed by atoms with E-state index in [-0.39, 0.29) is 0 Å². The highest BCUT2D eigenvalue weighted by Crippen LogP contribution is 2.22. The Bertz CT molecular complexity index is 434. The fraction of sp³-hybridized carbons (Fsp3) is 0.364. The molecular weight excluding hydrogens is 176 g/mol. The fourth-order valence-electron chi connectivity index (χ4n) is 1.60. The molecule has 0 unspecified atom stereocenters. The number of fused-ring (bicyclic) bond motifs is 1. The standard InChI is InChI=1S/C11H14N2O/c1-8-4-2-5-9-10(6-3-7-12)13-14-11(8)9/h2,4-5H,3,6-7,12H2,1H3. The molecule has 74 valence electrons. The monoisotopic (exact) mass is 190 g/mol. The molecule has 0 atom stereocenters. The van der Waals surface area contributed by atoms with Crippen LogP contribution in [0.4, 0.5) is 0 Å². The van der Waals surface area contributed by atoms with Crippen molar-refractivity contribution in [3.63, 3.8) is 0 Å². The van der Waals surface area contributed by atoms with E-state index in [0.29, 0.717) is 6.54 Å². The third kappa shape index (κ3) is 1.51. The minimum absolute atomic E-state index is 0.695. The van der Waals surface area contributed by atoms with E-state index in [9.17, 15) is 0 Å². The van der Waals surface area contributed by atoms with Gasteiger partial charge in [-0.05, 0) is 37.9 Å². The van der Waals surface area contributed by atoms with Crippen molar-refractivity contribution in [1.82, 2.24) is 5.16 Å². The van der Waals surface area contributed by atoms with Crippen molar-refractivity contribution in [2.45, 2.75) is 19.8 Å². The van der Waals surface area contributed by atoms with Gasteiger partial charge in [0.25, 0.3) is 0 Å².